The standard InChI is InChI=1S/C9H9ClN2O.C2H6/c1-11-7-4-3-6(10)5-8(7)12(2)9(11)13;1-2/h3-5H,1-2H3;1-2H3. The fraction of sp³-hybridized carbons (Fsp3) is 0.364. The van der Waals surface area contributed by atoms with Crippen molar-refractivity contribution in [3.63, 3.8) is 0 Å². The monoisotopic (exact) mass is 226 g/mol. The van der Waals surface area contributed by atoms with Gasteiger partial charge < -0.3 is 0 Å². The van der Waals surface area contributed by atoms with Crippen molar-refractivity contribution in [3.8, 4) is 0 Å². The first-order valence-corrected chi connectivity index (χ1v) is 5.30. The molecule has 2 rings (SSSR count). The molecule has 0 unspecified atom stereocenters. The van der Waals surface area contributed by atoms with E-state index in [0.717, 1.165) is 11.0 Å². The van der Waals surface area contributed by atoms with Crippen LogP contribution in [-0.4, -0.2) is 9.13 Å². The smallest absolute Gasteiger partial charge is 0.295 e. The number of rotatable bonds is 0. The highest BCUT2D eigenvalue weighted by molar-refractivity contribution is 6.31. The van der Waals surface area contributed by atoms with Crippen LogP contribution in [0.1, 0.15) is 13.8 Å². The first-order valence-electron chi connectivity index (χ1n) is 4.92. The zero-order chi connectivity index (χ0) is 11.6. The van der Waals surface area contributed by atoms with Crippen molar-refractivity contribution in [2.45, 2.75) is 13.8 Å². The van der Waals surface area contributed by atoms with Gasteiger partial charge in [-0.2, -0.15) is 0 Å². The maximum atomic E-state index is 11.5. The number of hydrogen-bond donors (Lipinski definition) is 0. The van der Waals surface area contributed by atoms with Gasteiger partial charge in [-0.25, -0.2) is 4.79 Å². The van der Waals surface area contributed by atoms with Crippen LogP contribution in [0.2, 0.25) is 5.02 Å². The summed E-state index contributed by atoms with van der Waals surface area (Å²) in [4.78, 5) is 11.5. The number of halogens is 1. The van der Waals surface area contributed by atoms with Crippen LogP contribution >= 0.6 is 11.6 Å². The van der Waals surface area contributed by atoms with E-state index in [-0.39, 0.29) is 5.69 Å². The van der Waals surface area contributed by atoms with Gasteiger partial charge in [-0.1, -0.05) is 25.4 Å². The summed E-state index contributed by atoms with van der Waals surface area (Å²) in [5.41, 5.74) is 1.73. The predicted octanol–water partition coefficient (Wildman–Crippen LogP) is 2.56. The van der Waals surface area contributed by atoms with E-state index in [1.807, 2.05) is 19.9 Å². The molecule has 0 fully saturated rings. The minimum Gasteiger partial charge on any atom is -0.295 e. The number of fused-ring (bicyclic) bond motifs is 1. The summed E-state index contributed by atoms with van der Waals surface area (Å²) in [6, 6.07) is 5.42. The first kappa shape index (κ1) is 11.9. The molecule has 1 heterocycles. The quantitative estimate of drug-likeness (QED) is 0.678. The molecule has 0 aliphatic rings. The van der Waals surface area contributed by atoms with Crippen LogP contribution < -0.4 is 5.69 Å². The maximum absolute atomic E-state index is 11.5. The van der Waals surface area contributed by atoms with Gasteiger partial charge in [-0.05, 0) is 18.2 Å². The van der Waals surface area contributed by atoms with Gasteiger partial charge in [0.25, 0.3) is 0 Å². The molecule has 1 aromatic heterocycles. The number of hydrogen-bond acceptors (Lipinski definition) is 1. The molecule has 1 aromatic carbocycles. The van der Waals surface area contributed by atoms with Gasteiger partial charge in [0.15, 0.2) is 0 Å². The van der Waals surface area contributed by atoms with E-state index >= 15 is 0 Å². The van der Waals surface area contributed by atoms with E-state index in [0.29, 0.717) is 5.02 Å². The van der Waals surface area contributed by atoms with Crippen molar-refractivity contribution in [2.75, 3.05) is 0 Å². The van der Waals surface area contributed by atoms with Gasteiger partial charge in [0.2, 0.25) is 0 Å². The summed E-state index contributed by atoms with van der Waals surface area (Å²) in [6.07, 6.45) is 0. The zero-order valence-electron chi connectivity index (χ0n) is 9.41. The molecule has 15 heavy (non-hydrogen) atoms. The van der Waals surface area contributed by atoms with Crippen LogP contribution in [0.25, 0.3) is 11.0 Å². The second-order valence-electron chi connectivity index (χ2n) is 3.03. The van der Waals surface area contributed by atoms with E-state index in [9.17, 15) is 4.79 Å². The summed E-state index contributed by atoms with van der Waals surface area (Å²) in [5, 5.41) is 0.647. The van der Waals surface area contributed by atoms with Crippen LogP contribution in [0.3, 0.4) is 0 Å². The molecule has 0 saturated carbocycles. The molecule has 0 saturated heterocycles. The first-order chi connectivity index (χ1) is 7.11. The number of nitrogens with zero attached hydrogens (tertiary/aromatic N) is 2. The lowest BCUT2D eigenvalue weighted by atomic mass is 10.3. The number of aromatic nitrogens is 2. The van der Waals surface area contributed by atoms with Crippen LogP contribution in [0.4, 0.5) is 0 Å². The second-order valence-corrected chi connectivity index (χ2v) is 3.47. The van der Waals surface area contributed by atoms with E-state index in [1.54, 1.807) is 35.4 Å². The van der Waals surface area contributed by atoms with Gasteiger partial charge in [0, 0.05) is 19.1 Å². The summed E-state index contributed by atoms with van der Waals surface area (Å²) in [5.74, 6) is 0. The molecule has 0 N–H and O–H groups in total. The molecule has 82 valence electrons. The Morgan fingerprint density at radius 3 is 2.20 bits per heavy atom. The minimum atomic E-state index is -0.0303. The lowest BCUT2D eigenvalue weighted by molar-refractivity contribution is 0.795. The molecule has 0 aliphatic carbocycles. The average molecular weight is 227 g/mol. The fourth-order valence-corrected chi connectivity index (χ4v) is 1.65. The fourth-order valence-electron chi connectivity index (χ4n) is 1.48. The summed E-state index contributed by atoms with van der Waals surface area (Å²) >= 11 is 5.83. The van der Waals surface area contributed by atoms with Crippen LogP contribution in [0.5, 0.6) is 0 Å². The van der Waals surface area contributed by atoms with Crippen LogP contribution in [0.15, 0.2) is 23.0 Å². The van der Waals surface area contributed by atoms with Gasteiger partial charge in [-0.3, -0.25) is 9.13 Å². The van der Waals surface area contributed by atoms with Crippen molar-refractivity contribution in [2.24, 2.45) is 14.1 Å². The molecule has 0 radical (unpaired) electrons. The predicted molar refractivity (Wildman–Crippen MR) is 64.5 cm³/mol. The average Bonchev–Trinajstić information content (AvgIpc) is 2.47. The summed E-state index contributed by atoms with van der Waals surface area (Å²) in [6.45, 7) is 4.00. The highest BCUT2D eigenvalue weighted by Crippen LogP contribution is 2.16. The largest absolute Gasteiger partial charge is 0.328 e. The Morgan fingerprint density at radius 2 is 1.60 bits per heavy atom. The molecule has 0 spiro atoms. The van der Waals surface area contributed by atoms with Crippen molar-refractivity contribution in [3.05, 3.63) is 33.7 Å². The molecule has 0 atom stereocenters. The van der Waals surface area contributed by atoms with E-state index in [1.165, 1.54) is 0 Å². The Hall–Kier alpha value is -1.22. The summed E-state index contributed by atoms with van der Waals surface area (Å²) in [7, 11) is 3.49. The van der Waals surface area contributed by atoms with Gasteiger partial charge >= 0.3 is 5.69 Å². The third-order valence-electron chi connectivity index (χ3n) is 2.23. The molecule has 2 aromatic rings. The third kappa shape index (κ3) is 1.92. The molecular weight excluding hydrogens is 212 g/mol. The minimum absolute atomic E-state index is 0.0303. The Morgan fingerprint density at radius 1 is 1.07 bits per heavy atom. The lowest BCUT2D eigenvalue weighted by Crippen LogP contribution is -2.19. The zero-order valence-corrected chi connectivity index (χ0v) is 10.2. The van der Waals surface area contributed by atoms with E-state index in [4.69, 9.17) is 11.6 Å². The normalized spacial score (nSPS) is 9.93. The van der Waals surface area contributed by atoms with E-state index < -0.39 is 0 Å². The number of imidazole rings is 1. The molecule has 0 aliphatic heterocycles. The molecule has 4 heteroatoms. The molecular formula is C11H15ClN2O. The number of aryl methyl sites for hydroxylation is 2. The van der Waals surface area contributed by atoms with E-state index in [2.05, 4.69) is 0 Å². The van der Waals surface area contributed by atoms with Crippen LogP contribution in [-0.2, 0) is 14.1 Å². The van der Waals surface area contributed by atoms with Crippen LogP contribution in [0, 0.1) is 0 Å². The van der Waals surface area contributed by atoms with Crippen molar-refractivity contribution < 1.29 is 0 Å². The second kappa shape index (κ2) is 4.53. The van der Waals surface area contributed by atoms with Gasteiger partial charge in [0.1, 0.15) is 0 Å². The SMILES string of the molecule is CC.Cn1c(=O)n(C)c2cc(Cl)ccc21. The lowest BCUT2D eigenvalue weighted by Gasteiger charge is -1.94. The van der Waals surface area contributed by atoms with Gasteiger partial charge in [0.05, 0.1) is 11.0 Å². The summed E-state index contributed by atoms with van der Waals surface area (Å²) < 4.78 is 3.19. The van der Waals surface area contributed by atoms with Crippen molar-refractivity contribution >= 4 is 22.6 Å². The highest BCUT2D eigenvalue weighted by atomic mass is 35.5. The molecule has 0 amide bonds. The third-order valence-corrected chi connectivity index (χ3v) is 2.47. The van der Waals surface area contributed by atoms with Gasteiger partial charge in [-0.15, -0.1) is 0 Å². The topological polar surface area (TPSA) is 26.9 Å². The maximum Gasteiger partial charge on any atom is 0.328 e. The Balaban J connectivity index is 0.000000531. The highest BCUT2D eigenvalue weighted by Gasteiger charge is 2.06. The Labute approximate surface area is 93.9 Å². The Kier molecular flexibility index (Phi) is 3.58. The number of benzene rings is 1. The Bertz CT molecular complexity index is 525. The van der Waals surface area contributed by atoms with Crippen molar-refractivity contribution in [1.29, 1.82) is 0 Å². The van der Waals surface area contributed by atoms with Crippen molar-refractivity contribution in [1.82, 2.24) is 9.13 Å². The molecule has 3 nitrogen and oxygen atoms in total. The molecule has 0 bridgehead atoms.